The van der Waals surface area contributed by atoms with Crippen LogP contribution in [-0.4, -0.2) is 11.9 Å². The largest absolute Gasteiger partial charge is 0.497 e. The van der Waals surface area contributed by atoms with E-state index in [1.165, 1.54) is 17.7 Å². The number of benzene rings is 1. The van der Waals surface area contributed by atoms with Crippen LogP contribution in [0.1, 0.15) is 33.6 Å². The Kier molecular flexibility index (Phi) is 4.52. The van der Waals surface area contributed by atoms with Gasteiger partial charge in [-0.2, -0.15) is 0 Å². The lowest BCUT2D eigenvalue weighted by Gasteiger charge is -2.23. The van der Waals surface area contributed by atoms with Crippen LogP contribution in [0.3, 0.4) is 0 Å². The van der Waals surface area contributed by atoms with Crippen LogP contribution in [0, 0.1) is 0 Å². The normalized spacial score (nSPS) is 11.5. The molecule has 0 saturated carbocycles. The van der Waals surface area contributed by atoms with Gasteiger partial charge in [0, 0.05) is 9.64 Å². The third kappa shape index (κ3) is 4.17. The fraction of sp³-hybridized carbons (Fsp3) is 0.538. The second-order valence-electron chi connectivity index (χ2n) is 4.29. The first-order valence-electron chi connectivity index (χ1n) is 5.40. The minimum atomic E-state index is 0.323. The third-order valence-corrected chi connectivity index (χ3v) is 3.57. The second kappa shape index (κ2) is 5.45. The van der Waals surface area contributed by atoms with Gasteiger partial charge in [-0.15, -0.1) is 11.8 Å². The van der Waals surface area contributed by atoms with E-state index in [-0.39, 0.29) is 0 Å². The second-order valence-corrected chi connectivity index (χ2v) is 6.07. The molecule has 1 rings (SSSR count). The zero-order chi connectivity index (χ0) is 11.3. The zero-order valence-corrected chi connectivity index (χ0v) is 10.9. The summed E-state index contributed by atoms with van der Waals surface area (Å²) in [4.78, 5) is 1.31. The van der Waals surface area contributed by atoms with Gasteiger partial charge in [0.1, 0.15) is 5.75 Å². The van der Waals surface area contributed by atoms with Gasteiger partial charge < -0.3 is 4.74 Å². The monoisotopic (exact) mass is 224 g/mol. The molecule has 0 saturated heterocycles. The molecule has 0 atom stereocenters. The first-order valence-corrected chi connectivity index (χ1v) is 6.22. The number of ether oxygens (including phenoxy) is 1. The van der Waals surface area contributed by atoms with Crippen molar-refractivity contribution in [2.75, 3.05) is 7.11 Å². The maximum absolute atomic E-state index is 5.14. The van der Waals surface area contributed by atoms with Gasteiger partial charge in [0.05, 0.1) is 7.11 Å². The summed E-state index contributed by atoms with van der Waals surface area (Å²) in [6.45, 7) is 6.83. The molecule has 0 aliphatic heterocycles. The van der Waals surface area contributed by atoms with Crippen molar-refractivity contribution in [1.82, 2.24) is 0 Å². The van der Waals surface area contributed by atoms with Gasteiger partial charge in [-0.1, -0.05) is 27.2 Å². The van der Waals surface area contributed by atoms with Crippen molar-refractivity contribution in [3.8, 4) is 5.75 Å². The molecule has 0 bridgehead atoms. The van der Waals surface area contributed by atoms with Crippen molar-refractivity contribution in [2.45, 2.75) is 43.3 Å². The summed E-state index contributed by atoms with van der Waals surface area (Å²) in [5, 5.41) is 0. The number of methoxy groups -OCH3 is 1. The first kappa shape index (κ1) is 12.4. The van der Waals surface area contributed by atoms with E-state index >= 15 is 0 Å². The van der Waals surface area contributed by atoms with Crippen LogP contribution in [-0.2, 0) is 0 Å². The molecule has 0 fully saturated rings. The van der Waals surface area contributed by atoms with Gasteiger partial charge >= 0.3 is 0 Å². The highest BCUT2D eigenvalue weighted by atomic mass is 32.2. The number of thioether (sulfide) groups is 1. The molecule has 0 radical (unpaired) electrons. The molecule has 2 heteroatoms. The third-order valence-electron chi connectivity index (χ3n) is 2.31. The van der Waals surface area contributed by atoms with Gasteiger partial charge in [-0.25, -0.2) is 0 Å². The van der Waals surface area contributed by atoms with E-state index in [1.54, 1.807) is 7.11 Å². The summed E-state index contributed by atoms with van der Waals surface area (Å²) in [5.74, 6) is 0.924. The van der Waals surface area contributed by atoms with Crippen LogP contribution in [0.4, 0.5) is 0 Å². The highest BCUT2D eigenvalue weighted by molar-refractivity contribution is 8.00. The van der Waals surface area contributed by atoms with Crippen LogP contribution in [0.25, 0.3) is 0 Å². The Morgan fingerprint density at radius 3 is 2.27 bits per heavy atom. The summed E-state index contributed by atoms with van der Waals surface area (Å²) >= 11 is 1.93. The molecule has 1 aromatic carbocycles. The molecule has 84 valence electrons. The predicted molar refractivity (Wildman–Crippen MR) is 67.8 cm³/mol. The highest BCUT2D eigenvalue weighted by Gasteiger charge is 2.17. The highest BCUT2D eigenvalue weighted by Crippen LogP contribution is 2.36. The molecule has 0 amide bonds. The average Bonchev–Trinajstić information content (AvgIpc) is 2.18. The molecule has 0 heterocycles. The van der Waals surface area contributed by atoms with Crippen LogP contribution in [0.2, 0.25) is 0 Å². The van der Waals surface area contributed by atoms with Gasteiger partial charge in [0.2, 0.25) is 0 Å². The molecule has 1 aromatic rings. The lowest BCUT2D eigenvalue weighted by Crippen LogP contribution is -2.13. The summed E-state index contributed by atoms with van der Waals surface area (Å²) in [6, 6.07) is 8.29. The van der Waals surface area contributed by atoms with E-state index < -0.39 is 0 Å². The van der Waals surface area contributed by atoms with Crippen LogP contribution < -0.4 is 4.74 Å². The summed E-state index contributed by atoms with van der Waals surface area (Å²) in [6.07, 6.45) is 2.47. The summed E-state index contributed by atoms with van der Waals surface area (Å²) in [7, 11) is 1.70. The number of rotatable bonds is 5. The molecule has 0 aliphatic carbocycles. The average molecular weight is 224 g/mol. The molecule has 0 aliphatic rings. The number of hydrogen-bond acceptors (Lipinski definition) is 2. The van der Waals surface area contributed by atoms with Gasteiger partial charge in [-0.05, 0) is 30.7 Å². The maximum atomic E-state index is 5.14. The van der Waals surface area contributed by atoms with E-state index in [9.17, 15) is 0 Å². The predicted octanol–water partition coefficient (Wildman–Crippen LogP) is 4.37. The van der Waals surface area contributed by atoms with Crippen molar-refractivity contribution in [2.24, 2.45) is 0 Å². The van der Waals surface area contributed by atoms with Crippen molar-refractivity contribution in [3.63, 3.8) is 0 Å². The maximum Gasteiger partial charge on any atom is 0.118 e. The van der Waals surface area contributed by atoms with Gasteiger partial charge in [-0.3, -0.25) is 0 Å². The van der Waals surface area contributed by atoms with Crippen molar-refractivity contribution < 1.29 is 4.74 Å². The molecule has 15 heavy (non-hydrogen) atoms. The number of hydrogen-bond donors (Lipinski definition) is 0. The van der Waals surface area contributed by atoms with E-state index in [0.717, 1.165) is 5.75 Å². The first-order chi connectivity index (χ1) is 7.07. The molecule has 0 spiro atoms. The summed E-state index contributed by atoms with van der Waals surface area (Å²) in [5.41, 5.74) is 0. The minimum Gasteiger partial charge on any atom is -0.497 e. The Morgan fingerprint density at radius 2 is 1.80 bits per heavy atom. The van der Waals surface area contributed by atoms with Crippen molar-refractivity contribution in [1.29, 1.82) is 0 Å². The Labute approximate surface area is 97.2 Å². The molecular weight excluding hydrogens is 204 g/mol. The van der Waals surface area contributed by atoms with Crippen molar-refractivity contribution >= 4 is 11.8 Å². The molecule has 0 aromatic heterocycles. The zero-order valence-electron chi connectivity index (χ0n) is 10.0. The quantitative estimate of drug-likeness (QED) is 0.687. The Hall–Kier alpha value is -0.630. The van der Waals surface area contributed by atoms with E-state index in [2.05, 4.69) is 32.9 Å². The lowest BCUT2D eigenvalue weighted by molar-refractivity contribution is 0.414. The molecule has 0 unspecified atom stereocenters. The fourth-order valence-electron chi connectivity index (χ4n) is 1.62. The van der Waals surface area contributed by atoms with E-state index in [4.69, 9.17) is 4.74 Å². The topological polar surface area (TPSA) is 9.23 Å². The van der Waals surface area contributed by atoms with Crippen LogP contribution in [0.5, 0.6) is 5.75 Å². The van der Waals surface area contributed by atoms with E-state index in [1.807, 2.05) is 23.9 Å². The Bertz CT molecular complexity index is 290. The molecule has 1 nitrogen and oxygen atoms in total. The fourth-order valence-corrected chi connectivity index (χ4v) is 2.83. The van der Waals surface area contributed by atoms with Crippen LogP contribution >= 0.6 is 11.8 Å². The van der Waals surface area contributed by atoms with Gasteiger partial charge in [0.15, 0.2) is 0 Å². The molecule has 0 N–H and O–H groups in total. The standard InChI is InChI=1S/C13H20OS/c1-5-10-13(2,3)15-12-8-6-11(14-4)7-9-12/h6-9H,5,10H2,1-4H3. The molecular formula is C13H20OS. The van der Waals surface area contributed by atoms with Crippen molar-refractivity contribution in [3.05, 3.63) is 24.3 Å². The van der Waals surface area contributed by atoms with Crippen LogP contribution in [0.15, 0.2) is 29.2 Å². The SMILES string of the molecule is CCCC(C)(C)Sc1ccc(OC)cc1. The minimum absolute atomic E-state index is 0.323. The smallest absolute Gasteiger partial charge is 0.118 e. The lowest BCUT2D eigenvalue weighted by atomic mass is 10.1. The van der Waals surface area contributed by atoms with E-state index in [0.29, 0.717) is 4.75 Å². The Balaban J connectivity index is 2.64. The Morgan fingerprint density at radius 1 is 1.20 bits per heavy atom. The van der Waals surface area contributed by atoms with Gasteiger partial charge in [0.25, 0.3) is 0 Å². The summed E-state index contributed by atoms with van der Waals surface area (Å²) < 4.78 is 5.46.